The zero-order chi connectivity index (χ0) is 8.85. The number of nitriles is 1. The molecule has 0 aromatic heterocycles. The largest absolute Gasteiger partial charge is 0.465 e. The normalized spacial score (nSPS) is 11.3. The summed E-state index contributed by atoms with van der Waals surface area (Å²) in [6.45, 7) is 1.71. The zero-order valence-electron chi connectivity index (χ0n) is 6.03. The standard InChI is InChI=1S/C6H8N2O3/c1-2-11-6(10)4(3-7)5(8)9/h4H,2H2,1H3,(H2,8,9)/t4-/m0/s1. The fourth-order valence-corrected chi connectivity index (χ4v) is 0.458. The molecule has 0 aliphatic rings. The van der Waals surface area contributed by atoms with Crippen molar-refractivity contribution in [3.05, 3.63) is 0 Å². The zero-order valence-corrected chi connectivity index (χ0v) is 6.03. The third kappa shape index (κ3) is 2.67. The average molecular weight is 156 g/mol. The van der Waals surface area contributed by atoms with Gasteiger partial charge in [-0.25, -0.2) is 0 Å². The fourth-order valence-electron chi connectivity index (χ4n) is 0.458. The van der Waals surface area contributed by atoms with Gasteiger partial charge in [0.05, 0.1) is 12.7 Å². The van der Waals surface area contributed by atoms with E-state index in [1.165, 1.54) is 6.07 Å². The van der Waals surface area contributed by atoms with Gasteiger partial charge in [0.15, 0.2) is 0 Å². The summed E-state index contributed by atoms with van der Waals surface area (Å²) in [7, 11) is 0. The second kappa shape index (κ2) is 4.28. The highest BCUT2D eigenvalue weighted by atomic mass is 16.5. The molecular weight excluding hydrogens is 148 g/mol. The van der Waals surface area contributed by atoms with Crippen molar-refractivity contribution in [2.45, 2.75) is 6.92 Å². The van der Waals surface area contributed by atoms with Gasteiger partial charge >= 0.3 is 5.97 Å². The summed E-state index contributed by atoms with van der Waals surface area (Å²) in [5.74, 6) is -3.34. The van der Waals surface area contributed by atoms with E-state index < -0.39 is 17.8 Å². The molecule has 0 radical (unpaired) electrons. The van der Waals surface area contributed by atoms with Crippen molar-refractivity contribution in [2.24, 2.45) is 11.7 Å². The third-order valence-electron chi connectivity index (χ3n) is 0.936. The van der Waals surface area contributed by atoms with Crippen LogP contribution in [0.4, 0.5) is 0 Å². The Morgan fingerprint density at radius 1 is 1.73 bits per heavy atom. The lowest BCUT2D eigenvalue weighted by atomic mass is 10.2. The maximum Gasteiger partial charge on any atom is 0.333 e. The van der Waals surface area contributed by atoms with Gasteiger partial charge in [-0.1, -0.05) is 0 Å². The number of primary amides is 1. The van der Waals surface area contributed by atoms with Crippen LogP contribution in [0.1, 0.15) is 6.92 Å². The van der Waals surface area contributed by atoms with E-state index >= 15 is 0 Å². The first-order valence-electron chi connectivity index (χ1n) is 2.99. The Morgan fingerprint density at radius 3 is 2.55 bits per heavy atom. The molecule has 60 valence electrons. The Balaban J connectivity index is 4.18. The quantitative estimate of drug-likeness (QED) is 0.426. The maximum absolute atomic E-state index is 10.7. The number of hydrogen-bond acceptors (Lipinski definition) is 4. The molecule has 0 fully saturated rings. The number of carbonyl (C=O) groups is 2. The van der Waals surface area contributed by atoms with Gasteiger partial charge in [0, 0.05) is 0 Å². The molecule has 0 spiro atoms. The van der Waals surface area contributed by atoms with Gasteiger partial charge < -0.3 is 10.5 Å². The second-order valence-electron chi connectivity index (χ2n) is 1.72. The molecule has 0 saturated carbocycles. The highest BCUT2D eigenvalue weighted by Gasteiger charge is 2.24. The highest BCUT2D eigenvalue weighted by molar-refractivity contribution is 5.99. The van der Waals surface area contributed by atoms with Crippen LogP contribution >= 0.6 is 0 Å². The number of carbonyl (C=O) groups excluding carboxylic acids is 2. The summed E-state index contributed by atoms with van der Waals surface area (Å²) in [5.41, 5.74) is 4.72. The van der Waals surface area contributed by atoms with E-state index in [0.29, 0.717) is 0 Å². The molecular formula is C6H8N2O3. The van der Waals surface area contributed by atoms with Crippen LogP contribution in [0.2, 0.25) is 0 Å². The summed E-state index contributed by atoms with van der Waals surface area (Å²) in [4.78, 5) is 21.0. The van der Waals surface area contributed by atoms with Gasteiger partial charge in [0.25, 0.3) is 0 Å². The van der Waals surface area contributed by atoms with E-state index in [0.717, 1.165) is 0 Å². The minimum atomic E-state index is -1.48. The van der Waals surface area contributed by atoms with E-state index in [1.54, 1.807) is 6.92 Å². The van der Waals surface area contributed by atoms with Crippen LogP contribution in [0.5, 0.6) is 0 Å². The van der Waals surface area contributed by atoms with Crippen molar-refractivity contribution < 1.29 is 14.3 Å². The first-order valence-corrected chi connectivity index (χ1v) is 2.99. The monoisotopic (exact) mass is 156 g/mol. The average Bonchev–Trinajstić information content (AvgIpc) is 1.88. The lowest BCUT2D eigenvalue weighted by Crippen LogP contribution is -2.30. The smallest absolute Gasteiger partial charge is 0.333 e. The predicted octanol–water partition coefficient (Wildman–Crippen LogP) is -0.825. The van der Waals surface area contributed by atoms with Crippen LogP contribution in [0.3, 0.4) is 0 Å². The van der Waals surface area contributed by atoms with Crippen LogP contribution in [-0.2, 0) is 14.3 Å². The van der Waals surface area contributed by atoms with Gasteiger partial charge in [-0.2, -0.15) is 5.26 Å². The number of nitrogens with zero attached hydrogens (tertiary/aromatic N) is 1. The molecule has 0 unspecified atom stereocenters. The second-order valence-corrected chi connectivity index (χ2v) is 1.72. The summed E-state index contributed by atoms with van der Waals surface area (Å²) in [5, 5.41) is 8.24. The Morgan fingerprint density at radius 2 is 2.27 bits per heavy atom. The van der Waals surface area contributed by atoms with Gasteiger partial charge in [-0.15, -0.1) is 0 Å². The lowest BCUT2D eigenvalue weighted by molar-refractivity contribution is -0.148. The molecule has 0 aromatic carbocycles. The molecule has 0 saturated heterocycles. The van der Waals surface area contributed by atoms with Crippen molar-refractivity contribution in [1.82, 2.24) is 0 Å². The number of hydrogen-bond donors (Lipinski definition) is 1. The molecule has 0 aliphatic carbocycles. The molecule has 5 heteroatoms. The first-order chi connectivity index (χ1) is 5.13. The van der Waals surface area contributed by atoms with Crippen LogP contribution in [0, 0.1) is 17.2 Å². The Labute approximate surface area is 63.7 Å². The first kappa shape index (κ1) is 9.43. The van der Waals surface area contributed by atoms with Crippen LogP contribution in [0.15, 0.2) is 0 Å². The van der Waals surface area contributed by atoms with E-state index in [4.69, 9.17) is 11.0 Å². The fraction of sp³-hybridized carbons (Fsp3) is 0.500. The van der Waals surface area contributed by atoms with Crippen LogP contribution in [0.25, 0.3) is 0 Å². The number of esters is 1. The SMILES string of the molecule is CCOC(=O)[C@@H](C#N)C(N)=O. The molecule has 0 bridgehead atoms. The lowest BCUT2D eigenvalue weighted by Gasteiger charge is -2.02. The van der Waals surface area contributed by atoms with Crippen LogP contribution < -0.4 is 5.73 Å². The van der Waals surface area contributed by atoms with Gasteiger partial charge in [-0.05, 0) is 6.92 Å². The summed E-state index contributed by atoms with van der Waals surface area (Å²) >= 11 is 0. The van der Waals surface area contributed by atoms with E-state index in [1.807, 2.05) is 0 Å². The molecule has 0 aromatic rings. The number of nitrogens with two attached hydrogens (primary N) is 1. The van der Waals surface area contributed by atoms with Crippen LogP contribution in [-0.4, -0.2) is 18.5 Å². The van der Waals surface area contributed by atoms with Crippen molar-refractivity contribution >= 4 is 11.9 Å². The number of rotatable bonds is 3. The predicted molar refractivity (Wildman–Crippen MR) is 34.9 cm³/mol. The Kier molecular flexibility index (Phi) is 3.67. The summed E-state index contributed by atoms with van der Waals surface area (Å²) < 4.78 is 4.39. The molecule has 0 aliphatic heterocycles. The van der Waals surface area contributed by atoms with E-state index in [9.17, 15) is 9.59 Å². The van der Waals surface area contributed by atoms with E-state index in [-0.39, 0.29) is 6.61 Å². The molecule has 11 heavy (non-hydrogen) atoms. The molecule has 0 heterocycles. The maximum atomic E-state index is 10.7. The van der Waals surface area contributed by atoms with Crippen molar-refractivity contribution in [3.8, 4) is 6.07 Å². The van der Waals surface area contributed by atoms with Crippen molar-refractivity contribution in [2.75, 3.05) is 6.61 Å². The van der Waals surface area contributed by atoms with E-state index in [2.05, 4.69) is 4.74 Å². The molecule has 5 nitrogen and oxygen atoms in total. The van der Waals surface area contributed by atoms with Crippen molar-refractivity contribution in [1.29, 1.82) is 5.26 Å². The molecule has 1 amide bonds. The summed E-state index contributed by atoms with van der Waals surface area (Å²) in [6.07, 6.45) is 0. The summed E-state index contributed by atoms with van der Waals surface area (Å²) in [6, 6.07) is 1.44. The van der Waals surface area contributed by atoms with Gasteiger partial charge in [0.2, 0.25) is 11.8 Å². The number of amides is 1. The number of ether oxygens (including phenoxy) is 1. The van der Waals surface area contributed by atoms with Gasteiger partial charge in [0.1, 0.15) is 0 Å². The molecule has 2 N–H and O–H groups in total. The Bertz CT molecular complexity index is 206. The van der Waals surface area contributed by atoms with Gasteiger partial charge in [-0.3, -0.25) is 9.59 Å². The van der Waals surface area contributed by atoms with Crippen molar-refractivity contribution in [3.63, 3.8) is 0 Å². The third-order valence-corrected chi connectivity index (χ3v) is 0.936. The minimum absolute atomic E-state index is 0.129. The highest BCUT2D eigenvalue weighted by Crippen LogP contribution is 1.96. The Hall–Kier alpha value is -1.57. The minimum Gasteiger partial charge on any atom is -0.465 e. The molecule has 0 rings (SSSR count). The topological polar surface area (TPSA) is 93.2 Å². The molecule has 1 atom stereocenters.